The summed E-state index contributed by atoms with van der Waals surface area (Å²) in [5, 5.41) is 0.688. The van der Waals surface area contributed by atoms with Crippen LogP contribution in [0, 0.1) is 13.8 Å². The van der Waals surface area contributed by atoms with E-state index in [1.54, 1.807) is 44.2 Å². The highest BCUT2D eigenvalue weighted by atomic mass is 16.5. The summed E-state index contributed by atoms with van der Waals surface area (Å²) in [6.07, 6.45) is 0.615. The molecular weight excluding hydrogens is 428 g/mol. The van der Waals surface area contributed by atoms with Crippen LogP contribution in [0.3, 0.4) is 0 Å². The molecule has 0 unspecified atom stereocenters. The monoisotopic (exact) mass is 452 g/mol. The molecule has 0 saturated heterocycles. The van der Waals surface area contributed by atoms with Gasteiger partial charge in [-0.1, -0.05) is 0 Å². The largest absolute Gasteiger partial charge is 0.490 e. The van der Waals surface area contributed by atoms with E-state index in [4.69, 9.17) is 18.6 Å². The van der Waals surface area contributed by atoms with Crippen LogP contribution < -0.4 is 19.8 Å². The third-order valence-electron chi connectivity index (χ3n) is 5.63. The molecular formula is C25H24O8. The van der Waals surface area contributed by atoms with Crippen molar-refractivity contribution < 1.29 is 33.0 Å². The number of hydrogen-bond donors (Lipinski definition) is 0. The van der Waals surface area contributed by atoms with Crippen LogP contribution in [0.25, 0.3) is 11.0 Å². The molecule has 0 saturated carbocycles. The highest BCUT2D eigenvalue weighted by Gasteiger charge is 2.19. The highest BCUT2D eigenvalue weighted by molar-refractivity contribution is 5.98. The molecule has 0 N–H and O–H groups in total. The zero-order valence-corrected chi connectivity index (χ0v) is 18.7. The Kier molecular flexibility index (Phi) is 6.35. The molecule has 0 atom stereocenters. The Morgan fingerprint density at radius 2 is 1.76 bits per heavy atom. The van der Waals surface area contributed by atoms with Gasteiger partial charge in [0.25, 0.3) is 0 Å². The van der Waals surface area contributed by atoms with Gasteiger partial charge < -0.3 is 23.4 Å². The van der Waals surface area contributed by atoms with E-state index in [0.717, 1.165) is 6.42 Å². The van der Waals surface area contributed by atoms with Crippen molar-refractivity contribution >= 4 is 22.7 Å². The van der Waals surface area contributed by atoms with Crippen molar-refractivity contribution in [2.24, 2.45) is 0 Å². The first-order valence-electron chi connectivity index (χ1n) is 10.6. The molecule has 172 valence electrons. The molecule has 1 aliphatic rings. The molecule has 33 heavy (non-hydrogen) atoms. The number of fused-ring (bicyclic) bond motifs is 2. The Hall–Kier alpha value is -3.81. The third-order valence-corrected chi connectivity index (χ3v) is 5.63. The zero-order chi connectivity index (χ0) is 23.5. The fraction of sp³-hybridized carbons (Fsp3) is 0.320. The fourth-order valence-electron chi connectivity index (χ4n) is 3.71. The minimum absolute atomic E-state index is 0.165. The van der Waals surface area contributed by atoms with E-state index in [1.807, 2.05) is 0 Å². The first-order valence-corrected chi connectivity index (χ1v) is 10.6. The summed E-state index contributed by atoms with van der Waals surface area (Å²) in [7, 11) is 1.27. The maximum Gasteiger partial charge on any atom is 0.340 e. The number of ether oxygens (including phenoxy) is 4. The molecule has 8 nitrogen and oxygen atoms in total. The van der Waals surface area contributed by atoms with Crippen molar-refractivity contribution in [3.63, 3.8) is 0 Å². The van der Waals surface area contributed by atoms with Gasteiger partial charge in [0, 0.05) is 22.9 Å². The fourth-order valence-corrected chi connectivity index (χ4v) is 3.71. The Morgan fingerprint density at radius 3 is 2.52 bits per heavy atom. The van der Waals surface area contributed by atoms with E-state index in [9.17, 15) is 14.4 Å². The summed E-state index contributed by atoms with van der Waals surface area (Å²) in [5.74, 6) is 0.840. The Labute approximate surface area is 190 Å². The second-order valence-electron chi connectivity index (χ2n) is 7.74. The van der Waals surface area contributed by atoms with Gasteiger partial charge in [-0.3, -0.25) is 9.59 Å². The lowest BCUT2D eigenvalue weighted by Crippen LogP contribution is -2.16. The van der Waals surface area contributed by atoms with E-state index in [0.29, 0.717) is 58.1 Å². The van der Waals surface area contributed by atoms with Gasteiger partial charge in [-0.25, -0.2) is 4.79 Å². The van der Waals surface area contributed by atoms with Crippen LogP contribution in [-0.4, -0.2) is 38.7 Å². The predicted molar refractivity (Wildman–Crippen MR) is 120 cm³/mol. The topological polar surface area (TPSA) is 101 Å². The number of hydrogen-bond acceptors (Lipinski definition) is 8. The molecule has 0 amide bonds. The molecule has 8 heteroatoms. The second-order valence-corrected chi connectivity index (χ2v) is 7.74. The molecule has 0 bridgehead atoms. The molecule has 0 spiro atoms. The van der Waals surface area contributed by atoms with E-state index in [1.165, 1.54) is 7.11 Å². The van der Waals surface area contributed by atoms with Crippen LogP contribution in [0.5, 0.6) is 17.2 Å². The number of carbonyl (C=O) groups excluding carboxylic acids is 2. The lowest BCUT2D eigenvalue weighted by Gasteiger charge is -2.13. The van der Waals surface area contributed by atoms with Crippen LogP contribution in [0.2, 0.25) is 0 Å². The summed E-state index contributed by atoms with van der Waals surface area (Å²) in [6.45, 7) is 4.41. The van der Waals surface area contributed by atoms with Crippen LogP contribution in [0.4, 0.5) is 0 Å². The summed E-state index contributed by atoms with van der Waals surface area (Å²) in [5.41, 5.74) is 1.69. The van der Waals surface area contributed by atoms with Gasteiger partial charge in [-0.15, -0.1) is 0 Å². The van der Waals surface area contributed by atoms with E-state index >= 15 is 0 Å². The van der Waals surface area contributed by atoms with Crippen molar-refractivity contribution in [1.82, 2.24) is 0 Å². The van der Waals surface area contributed by atoms with Crippen LogP contribution in [0.1, 0.15) is 33.5 Å². The number of carbonyl (C=O) groups is 2. The minimum atomic E-state index is -0.603. The van der Waals surface area contributed by atoms with Crippen LogP contribution in [-0.2, 0) is 16.0 Å². The maximum atomic E-state index is 12.7. The number of Topliss-reactive ketones (excluding diaryl/α,β-unsaturated/α-hetero) is 1. The molecule has 2 aromatic carbocycles. The normalized spacial score (nSPS) is 12.8. The quantitative estimate of drug-likeness (QED) is 0.318. The lowest BCUT2D eigenvalue weighted by atomic mass is 10.0. The van der Waals surface area contributed by atoms with E-state index in [2.05, 4.69) is 4.74 Å². The number of esters is 1. The summed E-state index contributed by atoms with van der Waals surface area (Å²) >= 11 is 0. The SMILES string of the molecule is COC(=O)Cc1c(C)c2ccc(OCC(=O)c3ccc4c(c3)OCCCO4)c(C)c2oc1=O. The number of benzene rings is 2. The highest BCUT2D eigenvalue weighted by Crippen LogP contribution is 2.32. The number of methoxy groups -OCH3 is 1. The number of ketones is 1. The predicted octanol–water partition coefficient (Wildman–Crippen LogP) is 3.55. The number of aryl methyl sites for hydroxylation is 2. The first kappa shape index (κ1) is 22.4. The van der Waals surface area contributed by atoms with Crippen molar-refractivity contribution in [2.45, 2.75) is 26.7 Å². The van der Waals surface area contributed by atoms with Gasteiger partial charge >= 0.3 is 11.6 Å². The Morgan fingerprint density at radius 1 is 1.00 bits per heavy atom. The summed E-state index contributed by atoms with van der Waals surface area (Å²) in [4.78, 5) is 36.8. The molecule has 0 fully saturated rings. The molecule has 3 aromatic rings. The third kappa shape index (κ3) is 4.55. The first-order chi connectivity index (χ1) is 15.9. The van der Waals surface area contributed by atoms with Crippen molar-refractivity contribution in [3.8, 4) is 17.2 Å². The second kappa shape index (κ2) is 9.36. The molecule has 0 radical (unpaired) electrons. The summed E-state index contributed by atoms with van der Waals surface area (Å²) in [6, 6.07) is 8.52. The maximum absolute atomic E-state index is 12.7. The smallest absolute Gasteiger partial charge is 0.340 e. The lowest BCUT2D eigenvalue weighted by molar-refractivity contribution is -0.139. The van der Waals surface area contributed by atoms with Gasteiger partial charge in [0.05, 0.1) is 32.3 Å². The van der Waals surface area contributed by atoms with Gasteiger partial charge in [0.2, 0.25) is 0 Å². The Balaban J connectivity index is 1.56. The Bertz CT molecular complexity index is 1290. The van der Waals surface area contributed by atoms with Gasteiger partial charge in [0.1, 0.15) is 11.3 Å². The summed E-state index contributed by atoms with van der Waals surface area (Å²) < 4.78 is 27.2. The van der Waals surface area contributed by atoms with Gasteiger partial charge in [-0.05, 0) is 49.7 Å². The van der Waals surface area contributed by atoms with Gasteiger partial charge in [0.15, 0.2) is 23.9 Å². The van der Waals surface area contributed by atoms with Crippen LogP contribution >= 0.6 is 0 Å². The molecule has 0 aliphatic carbocycles. The average molecular weight is 452 g/mol. The van der Waals surface area contributed by atoms with Crippen molar-refractivity contribution in [3.05, 3.63) is 63.0 Å². The zero-order valence-electron chi connectivity index (χ0n) is 18.7. The van der Waals surface area contributed by atoms with Gasteiger partial charge in [-0.2, -0.15) is 0 Å². The van der Waals surface area contributed by atoms with Crippen molar-refractivity contribution in [1.29, 1.82) is 0 Å². The van der Waals surface area contributed by atoms with Crippen LogP contribution in [0.15, 0.2) is 39.5 Å². The molecule has 1 aliphatic heterocycles. The minimum Gasteiger partial charge on any atom is -0.490 e. The van der Waals surface area contributed by atoms with Crippen molar-refractivity contribution in [2.75, 3.05) is 26.9 Å². The molecule has 4 rings (SSSR count). The van der Waals surface area contributed by atoms with E-state index < -0.39 is 11.6 Å². The average Bonchev–Trinajstić information content (AvgIpc) is 3.06. The van der Waals surface area contributed by atoms with E-state index in [-0.39, 0.29) is 24.4 Å². The molecule has 2 heterocycles. The molecule has 1 aromatic heterocycles. The number of rotatable bonds is 6. The standard InChI is InChI=1S/C25H24O8/c1-14-17-6-8-20(15(2)24(17)33-25(28)18(14)12-23(27)29-3)32-13-19(26)16-5-7-21-22(11-16)31-10-4-9-30-21/h5-8,11H,4,9-10,12-13H2,1-3H3.